The number of hydrogen-bond donors (Lipinski definition) is 1. The zero-order valence-corrected chi connectivity index (χ0v) is 13.5. The largest absolute Gasteiger partial charge is 0.478 e. The lowest BCUT2D eigenvalue weighted by Gasteiger charge is -2.09. The van der Waals surface area contributed by atoms with Gasteiger partial charge >= 0.3 is 0 Å². The average molecular weight is 296 g/mol. The molecular weight excluding hydrogens is 268 g/mol. The van der Waals surface area contributed by atoms with Crippen molar-refractivity contribution in [1.82, 2.24) is 10.3 Å². The number of rotatable bonds is 12. The molecule has 0 aliphatic heterocycles. The molecule has 120 valence electrons. The van der Waals surface area contributed by atoms with Crippen molar-refractivity contribution in [3.63, 3.8) is 0 Å². The fraction of sp³-hybridized carbons (Fsp3) is 0.688. The average Bonchev–Trinajstić information content (AvgIpc) is 2.46. The fourth-order valence-electron chi connectivity index (χ4n) is 1.87. The van der Waals surface area contributed by atoms with Crippen LogP contribution in [0.3, 0.4) is 0 Å². The lowest BCUT2D eigenvalue weighted by atomic mass is 10.2. The Bertz CT molecular complexity index is 386. The van der Waals surface area contributed by atoms with E-state index >= 15 is 0 Å². The van der Waals surface area contributed by atoms with Gasteiger partial charge in [-0.15, -0.1) is 0 Å². The van der Waals surface area contributed by atoms with Crippen molar-refractivity contribution in [1.29, 1.82) is 0 Å². The standard InChI is InChI=1S/C16H28N2O3/c1-4-6-17-13-15-11-14(2)18-16(12-15)21-8-5-7-20-10-9-19-3/h11-12,17H,4-10,13H2,1-3H3. The lowest BCUT2D eigenvalue weighted by molar-refractivity contribution is 0.0642. The van der Waals surface area contributed by atoms with E-state index in [2.05, 4.69) is 23.3 Å². The number of pyridine rings is 1. The minimum Gasteiger partial charge on any atom is -0.478 e. The summed E-state index contributed by atoms with van der Waals surface area (Å²) in [5, 5.41) is 3.39. The second-order valence-electron chi connectivity index (χ2n) is 4.94. The third-order valence-electron chi connectivity index (χ3n) is 2.86. The van der Waals surface area contributed by atoms with Crippen LogP contribution in [0.4, 0.5) is 0 Å². The Morgan fingerprint density at radius 3 is 2.76 bits per heavy atom. The Balaban J connectivity index is 2.27. The molecule has 5 heteroatoms. The normalized spacial score (nSPS) is 10.8. The van der Waals surface area contributed by atoms with Crippen molar-refractivity contribution in [2.45, 2.75) is 33.2 Å². The quantitative estimate of drug-likeness (QED) is 0.600. The summed E-state index contributed by atoms with van der Waals surface area (Å²) < 4.78 is 16.0. The smallest absolute Gasteiger partial charge is 0.213 e. The molecule has 0 aliphatic carbocycles. The molecule has 1 rings (SSSR count). The first kappa shape index (κ1) is 17.9. The van der Waals surface area contributed by atoms with Gasteiger partial charge in [-0.2, -0.15) is 0 Å². The van der Waals surface area contributed by atoms with Crippen LogP contribution in [0.25, 0.3) is 0 Å². The Labute approximate surface area is 128 Å². The molecule has 1 N–H and O–H groups in total. The van der Waals surface area contributed by atoms with E-state index in [4.69, 9.17) is 14.2 Å². The first-order chi connectivity index (χ1) is 10.3. The van der Waals surface area contributed by atoms with Gasteiger partial charge in [0.2, 0.25) is 5.88 Å². The van der Waals surface area contributed by atoms with Crippen LogP contribution < -0.4 is 10.1 Å². The predicted molar refractivity (Wildman–Crippen MR) is 83.8 cm³/mol. The van der Waals surface area contributed by atoms with Gasteiger partial charge in [-0.3, -0.25) is 0 Å². The molecule has 0 unspecified atom stereocenters. The number of nitrogens with one attached hydrogen (secondary N) is 1. The molecule has 0 bridgehead atoms. The van der Waals surface area contributed by atoms with Gasteiger partial charge < -0.3 is 19.5 Å². The topological polar surface area (TPSA) is 52.6 Å². The number of aromatic nitrogens is 1. The van der Waals surface area contributed by atoms with Crippen molar-refractivity contribution < 1.29 is 14.2 Å². The number of nitrogens with zero attached hydrogens (tertiary/aromatic N) is 1. The summed E-state index contributed by atoms with van der Waals surface area (Å²) in [6.45, 7) is 8.59. The Kier molecular flexibility index (Phi) is 9.78. The highest BCUT2D eigenvalue weighted by Gasteiger charge is 2.01. The van der Waals surface area contributed by atoms with Gasteiger partial charge in [0.25, 0.3) is 0 Å². The summed E-state index contributed by atoms with van der Waals surface area (Å²) >= 11 is 0. The lowest BCUT2D eigenvalue weighted by Crippen LogP contribution is -2.14. The Morgan fingerprint density at radius 2 is 2.00 bits per heavy atom. The monoisotopic (exact) mass is 296 g/mol. The number of methoxy groups -OCH3 is 1. The molecule has 0 amide bonds. The molecule has 0 atom stereocenters. The zero-order chi connectivity index (χ0) is 15.3. The van der Waals surface area contributed by atoms with E-state index in [1.165, 1.54) is 5.56 Å². The van der Waals surface area contributed by atoms with Crippen LogP contribution >= 0.6 is 0 Å². The van der Waals surface area contributed by atoms with E-state index in [1.54, 1.807) is 7.11 Å². The van der Waals surface area contributed by atoms with E-state index in [1.807, 2.05) is 13.0 Å². The summed E-state index contributed by atoms with van der Waals surface area (Å²) in [4.78, 5) is 4.40. The van der Waals surface area contributed by atoms with Gasteiger partial charge in [-0.1, -0.05) is 6.92 Å². The number of hydrogen-bond acceptors (Lipinski definition) is 5. The fourth-order valence-corrected chi connectivity index (χ4v) is 1.87. The van der Waals surface area contributed by atoms with E-state index in [0.717, 1.165) is 31.6 Å². The highest BCUT2D eigenvalue weighted by atomic mass is 16.5. The molecule has 5 nitrogen and oxygen atoms in total. The maximum absolute atomic E-state index is 5.69. The maximum Gasteiger partial charge on any atom is 0.213 e. The number of ether oxygens (including phenoxy) is 3. The van der Waals surface area contributed by atoms with Crippen LogP contribution in [0.2, 0.25) is 0 Å². The van der Waals surface area contributed by atoms with E-state index in [0.29, 0.717) is 32.3 Å². The third kappa shape index (κ3) is 8.65. The van der Waals surface area contributed by atoms with Crippen molar-refractivity contribution in [3.8, 4) is 5.88 Å². The van der Waals surface area contributed by atoms with Crippen LogP contribution in [0, 0.1) is 6.92 Å². The minimum absolute atomic E-state index is 0.616. The second kappa shape index (κ2) is 11.5. The van der Waals surface area contributed by atoms with Crippen LogP contribution in [0.5, 0.6) is 5.88 Å². The van der Waals surface area contributed by atoms with Crippen LogP contribution in [0.15, 0.2) is 12.1 Å². The molecule has 0 saturated heterocycles. The molecule has 0 spiro atoms. The van der Waals surface area contributed by atoms with Crippen molar-refractivity contribution in [3.05, 3.63) is 23.4 Å². The summed E-state index contributed by atoms with van der Waals surface area (Å²) in [6.07, 6.45) is 1.99. The molecular formula is C16H28N2O3. The van der Waals surface area contributed by atoms with Crippen molar-refractivity contribution >= 4 is 0 Å². The van der Waals surface area contributed by atoms with Gasteiger partial charge in [0.1, 0.15) is 0 Å². The zero-order valence-electron chi connectivity index (χ0n) is 13.5. The molecule has 21 heavy (non-hydrogen) atoms. The van der Waals surface area contributed by atoms with Crippen LogP contribution in [0.1, 0.15) is 31.0 Å². The number of aryl methyl sites for hydroxylation is 1. The van der Waals surface area contributed by atoms with Crippen LogP contribution in [-0.2, 0) is 16.0 Å². The highest BCUT2D eigenvalue weighted by molar-refractivity contribution is 5.24. The Morgan fingerprint density at radius 1 is 1.14 bits per heavy atom. The SMILES string of the molecule is CCCNCc1cc(C)nc(OCCCOCCOC)c1. The van der Waals surface area contributed by atoms with Gasteiger partial charge in [0.05, 0.1) is 19.8 Å². The minimum atomic E-state index is 0.616. The molecule has 1 aromatic rings. The second-order valence-corrected chi connectivity index (χ2v) is 4.94. The molecule has 1 heterocycles. The van der Waals surface area contributed by atoms with Gasteiger partial charge in [0.15, 0.2) is 0 Å². The maximum atomic E-state index is 5.69. The predicted octanol–water partition coefficient (Wildman–Crippen LogP) is 2.32. The van der Waals surface area contributed by atoms with Gasteiger partial charge in [-0.05, 0) is 31.5 Å². The molecule has 0 fully saturated rings. The molecule has 0 aromatic carbocycles. The van der Waals surface area contributed by atoms with Crippen molar-refractivity contribution in [2.24, 2.45) is 0 Å². The van der Waals surface area contributed by atoms with Gasteiger partial charge in [-0.25, -0.2) is 4.98 Å². The first-order valence-electron chi connectivity index (χ1n) is 7.64. The summed E-state index contributed by atoms with van der Waals surface area (Å²) in [5.41, 5.74) is 2.19. The van der Waals surface area contributed by atoms with Crippen molar-refractivity contribution in [2.75, 3.05) is 40.1 Å². The van der Waals surface area contributed by atoms with E-state index < -0.39 is 0 Å². The van der Waals surface area contributed by atoms with E-state index in [9.17, 15) is 0 Å². The molecule has 0 radical (unpaired) electrons. The molecule has 0 aliphatic rings. The summed E-state index contributed by atoms with van der Waals surface area (Å²) in [7, 11) is 1.67. The molecule has 1 aromatic heterocycles. The van der Waals surface area contributed by atoms with Crippen LogP contribution in [-0.4, -0.2) is 45.1 Å². The third-order valence-corrected chi connectivity index (χ3v) is 2.86. The van der Waals surface area contributed by atoms with Gasteiger partial charge in [0, 0.05) is 38.4 Å². The molecule has 0 saturated carbocycles. The Hall–Kier alpha value is -1.17. The first-order valence-corrected chi connectivity index (χ1v) is 7.64. The van der Waals surface area contributed by atoms with E-state index in [-0.39, 0.29) is 0 Å². The summed E-state index contributed by atoms with van der Waals surface area (Å²) in [6, 6.07) is 4.09. The summed E-state index contributed by atoms with van der Waals surface area (Å²) in [5.74, 6) is 0.695. The highest BCUT2D eigenvalue weighted by Crippen LogP contribution is 2.12.